The van der Waals surface area contributed by atoms with Gasteiger partial charge in [0, 0.05) is 11.5 Å². The van der Waals surface area contributed by atoms with Gasteiger partial charge in [-0.1, -0.05) is 42.1 Å². The summed E-state index contributed by atoms with van der Waals surface area (Å²) in [5.74, 6) is -0.678. The summed E-state index contributed by atoms with van der Waals surface area (Å²) >= 11 is 0. The highest BCUT2D eigenvalue weighted by atomic mass is 16.6. The van der Waals surface area contributed by atoms with E-state index in [1.165, 1.54) is 0 Å². The molecule has 1 aliphatic rings. The molecule has 2 rings (SSSR count). The lowest BCUT2D eigenvalue weighted by atomic mass is 10.0. The Bertz CT molecular complexity index is 666. The van der Waals surface area contributed by atoms with E-state index in [-0.39, 0.29) is 11.7 Å². The van der Waals surface area contributed by atoms with Crippen LogP contribution in [0.4, 0.5) is 0 Å². The van der Waals surface area contributed by atoms with E-state index in [0.29, 0.717) is 11.5 Å². The first-order valence-corrected chi connectivity index (χ1v) is 8.15. The first kappa shape index (κ1) is 18.2. The maximum Gasteiger partial charge on any atom is 0.356 e. The lowest BCUT2D eigenvalue weighted by molar-refractivity contribution is -0.165. The number of carbonyl (C=O) groups excluding carboxylic acids is 2. The van der Waals surface area contributed by atoms with Crippen LogP contribution in [0, 0.1) is 17.9 Å². The minimum atomic E-state index is -1.39. The number of hydrogen-bond acceptors (Lipinski definition) is 4. The highest BCUT2D eigenvalue weighted by Crippen LogP contribution is 2.43. The second-order valence-corrected chi connectivity index (χ2v) is 7.28. The lowest BCUT2D eigenvalue weighted by Gasteiger charge is -2.21. The molecule has 1 saturated carbocycles. The van der Waals surface area contributed by atoms with Crippen LogP contribution in [-0.2, 0) is 9.53 Å². The Morgan fingerprint density at radius 3 is 2.38 bits per heavy atom. The van der Waals surface area contributed by atoms with Crippen LogP contribution in [0.15, 0.2) is 30.3 Å². The zero-order valence-electron chi connectivity index (χ0n) is 14.5. The first-order valence-electron chi connectivity index (χ1n) is 8.15. The third kappa shape index (κ3) is 4.90. The molecule has 0 spiro atoms. The van der Waals surface area contributed by atoms with Gasteiger partial charge in [-0.25, -0.2) is 4.79 Å². The SMILES string of the molecule is C[C@H]1C[C@@H]1[C@H]([N+]#CC(=O)c1ccccc1)C(O)C(=O)OC(C)(C)C. The molecule has 0 heterocycles. The molecule has 24 heavy (non-hydrogen) atoms. The van der Waals surface area contributed by atoms with Gasteiger partial charge in [-0.15, -0.1) is 0 Å². The zero-order chi connectivity index (χ0) is 17.9. The maximum absolute atomic E-state index is 12.1. The molecule has 0 aromatic heterocycles. The van der Waals surface area contributed by atoms with E-state index in [4.69, 9.17) is 4.74 Å². The number of carbonyl (C=O) groups is 2. The van der Waals surface area contributed by atoms with Crippen molar-refractivity contribution < 1.29 is 19.4 Å². The van der Waals surface area contributed by atoms with Crippen molar-refractivity contribution in [3.8, 4) is 6.07 Å². The van der Waals surface area contributed by atoms with Gasteiger partial charge in [-0.3, -0.25) is 4.79 Å². The second-order valence-electron chi connectivity index (χ2n) is 7.28. The van der Waals surface area contributed by atoms with E-state index in [2.05, 4.69) is 10.9 Å². The number of hydrogen-bond donors (Lipinski definition) is 1. The number of ether oxygens (including phenoxy) is 1. The quantitative estimate of drug-likeness (QED) is 0.523. The number of Topliss-reactive ketones (excluding diaryl/α,β-unsaturated/α-hetero) is 1. The third-order valence-electron chi connectivity index (χ3n) is 3.93. The van der Waals surface area contributed by atoms with Crippen molar-refractivity contribution in [1.82, 2.24) is 0 Å². The Kier molecular flexibility index (Phi) is 5.40. The van der Waals surface area contributed by atoms with Gasteiger partial charge >= 0.3 is 23.9 Å². The number of aliphatic hydroxyl groups excluding tert-OH is 1. The van der Waals surface area contributed by atoms with Crippen molar-refractivity contribution >= 4 is 11.8 Å². The Balaban J connectivity index is 2.14. The molecule has 1 unspecified atom stereocenters. The van der Waals surface area contributed by atoms with Crippen molar-refractivity contribution in [3.63, 3.8) is 0 Å². The number of nitrogens with zero attached hydrogens (tertiary/aromatic N) is 1. The molecule has 1 aromatic rings. The summed E-state index contributed by atoms with van der Waals surface area (Å²) in [6.07, 6.45) is -0.537. The summed E-state index contributed by atoms with van der Waals surface area (Å²) in [6.45, 7) is 7.23. The predicted octanol–water partition coefficient (Wildman–Crippen LogP) is 2.93. The number of aliphatic hydroxyl groups is 1. The molecular weight excluding hydrogens is 306 g/mol. The van der Waals surface area contributed by atoms with Gasteiger partial charge < -0.3 is 9.84 Å². The summed E-state index contributed by atoms with van der Waals surface area (Å²) in [5, 5.41) is 10.3. The van der Waals surface area contributed by atoms with Crippen LogP contribution in [0.3, 0.4) is 0 Å². The molecule has 128 valence electrons. The van der Waals surface area contributed by atoms with Gasteiger partial charge in [-0.2, -0.15) is 0 Å². The molecule has 1 fully saturated rings. The first-order chi connectivity index (χ1) is 11.2. The topological polar surface area (TPSA) is 68.0 Å². The number of ketones is 1. The molecule has 0 saturated heterocycles. The number of benzene rings is 1. The average Bonchev–Trinajstić information content (AvgIpc) is 3.22. The van der Waals surface area contributed by atoms with Crippen LogP contribution < -0.4 is 0 Å². The summed E-state index contributed by atoms with van der Waals surface area (Å²) in [6, 6.07) is 10.4. The van der Waals surface area contributed by atoms with Crippen LogP contribution >= 0.6 is 0 Å². The molecule has 1 N–H and O–H groups in total. The average molecular weight is 330 g/mol. The molecule has 0 amide bonds. The van der Waals surface area contributed by atoms with Crippen molar-refractivity contribution in [2.24, 2.45) is 11.8 Å². The molecule has 1 aromatic carbocycles. The number of esters is 1. The fourth-order valence-corrected chi connectivity index (χ4v) is 2.52. The normalized spacial score (nSPS) is 21.9. The molecule has 0 radical (unpaired) electrons. The van der Waals surface area contributed by atoms with Gasteiger partial charge in [0.2, 0.25) is 6.10 Å². The van der Waals surface area contributed by atoms with E-state index >= 15 is 0 Å². The molecule has 1 aliphatic carbocycles. The van der Waals surface area contributed by atoms with E-state index in [1.807, 2.05) is 13.0 Å². The molecule has 4 atom stereocenters. The minimum absolute atomic E-state index is 0.0589. The van der Waals surface area contributed by atoms with Crippen molar-refractivity contribution in [2.45, 2.75) is 51.9 Å². The van der Waals surface area contributed by atoms with Crippen molar-refractivity contribution in [1.29, 1.82) is 0 Å². The molecule has 0 bridgehead atoms. The van der Waals surface area contributed by atoms with Crippen molar-refractivity contribution in [3.05, 3.63) is 40.7 Å². The van der Waals surface area contributed by atoms with E-state index < -0.39 is 23.7 Å². The summed E-state index contributed by atoms with van der Waals surface area (Å²) in [7, 11) is 0. The van der Waals surface area contributed by atoms with Gasteiger partial charge in [0.05, 0.1) is 0 Å². The van der Waals surface area contributed by atoms with E-state index in [1.54, 1.807) is 45.0 Å². The third-order valence-corrected chi connectivity index (χ3v) is 3.93. The van der Waals surface area contributed by atoms with Crippen LogP contribution in [-0.4, -0.2) is 34.6 Å². The largest absolute Gasteiger partial charge is 0.458 e. The Morgan fingerprint density at radius 1 is 1.29 bits per heavy atom. The van der Waals surface area contributed by atoms with Crippen molar-refractivity contribution in [2.75, 3.05) is 0 Å². The fourth-order valence-electron chi connectivity index (χ4n) is 2.52. The minimum Gasteiger partial charge on any atom is -0.458 e. The van der Waals surface area contributed by atoms with Gasteiger partial charge in [0.15, 0.2) is 0 Å². The highest BCUT2D eigenvalue weighted by Gasteiger charge is 2.53. The molecule has 0 aliphatic heterocycles. The van der Waals surface area contributed by atoms with Gasteiger partial charge in [0.1, 0.15) is 5.60 Å². The van der Waals surface area contributed by atoms with Gasteiger partial charge in [-0.05, 0) is 33.1 Å². The van der Waals surface area contributed by atoms with Crippen LogP contribution in [0.1, 0.15) is 44.5 Å². The summed E-state index contributed by atoms with van der Waals surface area (Å²) in [4.78, 5) is 28.3. The van der Waals surface area contributed by atoms with Crippen LogP contribution in [0.2, 0.25) is 0 Å². The molecule has 5 heteroatoms. The fraction of sp³-hybridized carbons (Fsp3) is 0.526. The van der Waals surface area contributed by atoms with E-state index in [9.17, 15) is 14.7 Å². The summed E-state index contributed by atoms with van der Waals surface area (Å²) < 4.78 is 5.22. The summed E-state index contributed by atoms with van der Waals surface area (Å²) in [5.41, 5.74) is -0.221. The Morgan fingerprint density at radius 2 is 1.88 bits per heavy atom. The Hall–Kier alpha value is -2.19. The van der Waals surface area contributed by atoms with Crippen LogP contribution in [0.5, 0.6) is 0 Å². The van der Waals surface area contributed by atoms with Gasteiger partial charge in [0.25, 0.3) is 0 Å². The standard InChI is InChI=1S/C19H24NO4/c1-12-10-14(12)16(17(22)18(23)24-19(2,3)4)20-11-15(21)13-8-6-5-7-9-13/h5-9,12,14,16-17,22H,10H2,1-4H3/q+1/t12-,14-,16-,17?/m0/s1. The van der Waals surface area contributed by atoms with Crippen LogP contribution in [0.25, 0.3) is 4.85 Å². The molecule has 5 nitrogen and oxygen atoms in total. The smallest absolute Gasteiger partial charge is 0.356 e. The number of rotatable bonds is 4. The van der Waals surface area contributed by atoms with E-state index in [0.717, 1.165) is 6.42 Å². The maximum atomic E-state index is 12.1. The Labute approximate surface area is 142 Å². The highest BCUT2D eigenvalue weighted by molar-refractivity contribution is 6.08. The second kappa shape index (κ2) is 7.14. The predicted molar refractivity (Wildman–Crippen MR) is 90.9 cm³/mol. The molecular formula is C19H24NO4+. The monoisotopic (exact) mass is 330 g/mol. The zero-order valence-corrected chi connectivity index (χ0v) is 14.5. The lowest BCUT2D eigenvalue weighted by Crippen LogP contribution is -2.39.